The summed E-state index contributed by atoms with van der Waals surface area (Å²) in [6, 6.07) is 0. The highest BCUT2D eigenvalue weighted by atomic mass is 16.6. The summed E-state index contributed by atoms with van der Waals surface area (Å²) in [4.78, 5) is 0. The Morgan fingerprint density at radius 1 is 1.17 bits per heavy atom. The standard InChI is InChI=1S/C24H42O5/c1-8-20(26-5)17(4)18-14-19(18)22(25)15(2)10-9-11-16(3)23-24(28-7)21(27-6)12-13-29-23/h9-11,15,17-25H,8,12-14H2,1-7H3/b10-9+,16-11+. The predicted molar refractivity (Wildman–Crippen MR) is 116 cm³/mol. The molecule has 0 radical (unpaired) electrons. The van der Waals surface area contributed by atoms with E-state index in [1.165, 1.54) is 0 Å². The number of hydrogen-bond donors (Lipinski definition) is 1. The molecule has 1 aliphatic heterocycles. The molecule has 1 saturated carbocycles. The highest BCUT2D eigenvalue weighted by molar-refractivity contribution is 5.18. The third-order valence-electron chi connectivity index (χ3n) is 7.00. The zero-order valence-corrected chi connectivity index (χ0v) is 19.3. The van der Waals surface area contributed by atoms with Gasteiger partial charge in [-0.25, -0.2) is 0 Å². The van der Waals surface area contributed by atoms with Crippen molar-refractivity contribution in [1.82, 2.24) is 0 Å². The Hall–Kier alpha value is -0.720. The van der Waals surface area contributed by atoms with Crippen LogP contribution in [0.2, 0.25) is 0 Å². The second kappa shape index (κ2) is 11.6. The van der Waals surface area contributed by atoms with Crippen molar-refractivity contribution in [2.75, 3.05) is 27.9 Å². The third-order valence-corrected chi connectivity index (χ3v) is 7.00. The molecule has 9 atom stereocenters. The van der Waals surface area contributed by atoms with E-state index in [1.807, 2.05) is 6.08 Å². The zero-order chi connectivity index (χ0) is 21.6. The van der Waals surface area contributed by atoms with Crippen molar-refractivity contribution in [1.29, 1.82) is 0 Å². The molecule has 2 aliphatic rings. The minimum atomic E-state index is -0.308. The summed E-state index contributed by atoms with van der Waals surface area (Å²) in [6.45, 7) is 9.25. The number of rotatable bonds is 11. The van der Waals surface area contributed by atoms with Gasteiger partial charge in [-0.05, 0) is 49.5 Å². The Kier molecular flexibility index (Phi) is 9.83. The predicted octanol–water partition coefficient (Wildman–Crippen LogP) is 4.00. The van der Waals surface area contributed by atoms with Crippen LogP contribution in [0.5, 0.6) is 0 Å². The third kappa shape index (κ3) is 6.14. The number of aliphatic hydroxyl groups is 1. The molecule has 0 aromatic rings. The minimum absolute atomic E-state index is 0.0552. The van der Waals surface area contributed by atoms with Gasteiger partial charge in [0.05, 0.1) is 24.9 Å². The van der Waals surface area contributed by atoms with Crippen LogP contribution >= 0.6 is 0 Å². The summed E-state index contributed by atoms with van der Waals surface area (Å²) in [5.41, 5.74) is 1.11. The molecule has 5 nitrogen and oxygen atoms in total. The molecule has 168 valence electrons. The average Bonchev–Trinajstić information content (AvgIpc) is 3.53. The number of hydrogen-bond acceptors (Lipinski definition) is 5. The minimum Gasteiger partial charge on any atom is -0.392 e. The Labute approximate surface area is 177 Å². The summed E-state index contributed by atoms with van der Waals surface area (Å²) >= 11 is 0. The first-order chi connectivity index (χ1) is 13.9. The first-order valence-electron chi connectivity index (χ1n) is 11.1. The fourth-order valence-electron chi connectivity index (χ4n) is 4.93. The summed E-state index contributed by atoms with van der Waals surface area (Å²) in [6.07, 6.45) is 9.01. The molecule has 2 fully saturated rings. The van der Waals surface area contributed by atoms with E-state index in [0.29, 0.717) is 24.4 Å². The van der Waals surface area contributed by atoms with Crippen molar-refractivity contribution in [3.8, 4) is 0 Å². The van der Waals surface area contributed by atoms with Gasteiger partial charge in [-0.3, -0.25) is 0 Å². The maximum atomic E-state index is 10.8. The van der Waals surface area contributed by atoms with Crippen molar-refractivity contribution in [3.05, 3.63) is 23.8 Å². The van der Waals surface area contributed by atoms with Crippen molar-refractivity contribution in [3.63, 3.8) is 0 Å². The van der Waals surface area contributed by atoms with Gasteiger partial charge in [0.25, 0.3) is 0 Å². The molecule has 0 aromatic carbocycles. The normalized spacial score (nSPS) is 34.8. The van der Waals surface area contributed by atoms with Crippen molar-refractivity contribution in [2.45, 2.75) is 77.5 Å². The highest BCUT2D eigenvalue weighted by Gasteiger charge is 2.48. The molecule has 29 heavy (non-hydrogen) atoms. The Morgan fingerprint density at radius 3 is 2.48 bits per heavy atom. The van der Waals surface area contributed by atoms with Crippen LogP contribution in [-0.4, -0.2) is 63.6 Å². The van der Waals surface area contributed by atoms with E-state index in [1.54, 1.807) is 21.3 Å². The van der Waals surface area contributed by atoms with E-state index < -0.39 is 0 Å². The molecule has 0 bridgehead atoms. The van der Waals surface area contributed by atoms with Crippen LogP contribution in [0.4, 0.5) is 0 Å². The van der Waals surface area contributed by atoms with Gasteiger partial charge in [0, 0.05) is 27.2 Å². The number of methoxy groups -OCH3 is 3. The van der Waals surface area contributed by atoms with Crippen LogP contribution in [-0.2, 0) is 18.9 Å². The molecular formula is C24H42O5. The van der Waals surface area contributed by atoms with Gasteiger partial charge in [0.2, 0.25) is 0 Å². The lowest BCUT2D eigenvalue weighted by Gasteiger charge is -2.36. The Bertz CT molecular complexity index is 541. The van der Waals surface area contributed by atoms with E-state index in [2.05, 4.69) is 39.8 Å². The van der Waals surface area contributed by atoms with E-state index >= 15 is 0 Å². The molecule has 1 saturated heterocycles. The largest absolute Gasteiger partial charge is 0.392 e. The molecule has 0 aromatic heterocycles. The monoisotopic (exact) mass is 410 g/mol. The second-order valence-electron chi connectivity index (χ2n) is 8.80. The fraction of sp³-hybridized carbons (Fsp3) is 0.833. The van der Waals surface area contributed by atoms with E-state index in [9.17, 15) is 5.11 Å². The van der Waals surface area contributed by atoms with Crippen LogP contribution in [0.15, 0.2) is 23.8 Å². The van der Waals surface area contributed by atoms with Gasteiger partial charge in [-0.1, -0.05) is 39.0 Å². The molecule has 1 heterocycles. The summed E-state index contributed by atoms with van der Waals surface area (Å²) < 4.78 is 22.7. The Morgan fingerprint density at radius 2 is 1.90 bits per heavy atom. The smallest absolute Gasteiger partial charge is 0.113 e. The van der Waals surface area contributed by atoms with Gasteiger partial charge in [0.1, 0.15) is 12.2 Å². The average molecular weight is 411 g/mol. The van der Waals surface area contributed by atoms with Gasteiger partial charge in [0.15, 0.2) is 0 Å². The van der Waals surface area contributed by atoms with Gasteiger partial charge in [-0.2, -0.15) is 0 Å². The number of allylic oxidation sites excluding steroid dienone is 2. The molecule has 0 amide bonds. The van der Waals surface area contributed by atoms with E-state index in [0.717, 1.165) is 24.8 Å². The van der Waals surface area contributed by atoms with Crippen LogP contribution < -0.4 is 0 Å². The summed E-state index contributed by atoms with van der Waals surface area (Å²) in [5, 5.41) is 10.8. The quantitative estimate of drug-likeness (QED) is 0.522. The van der Waals surface area contributed by atoms with Crippen LogP contribution in [0, 0.1) is 23.7 Å². The molecule has 0 spiro atoms. The summed E-state index contributed by atoms with van der Waals surface area (Å²) in [5.74, 6) is 1.54. The maximum absolute atomic E-state index is 10.8. The lowest BCUT2D eigenvalue weighted by atomic mass is 9.91. The van der Waals surface area contributed by atoms with Gasteiger partial charge < -0.3 is 24.1 Å². The van der Waals surface area contributed by atoms with Crippen LogP contribution in [0.1, 0.15) is 47.0 Å². The van der Waals surface area contributed by atoms with E-state index in [-0.39, 0.29) is 36.4 Å². The Balaban J connectivity index is 1.90. The molecule has 9 unspecified atom stereocenters. The van der Waals surface area contributed by atoms with Crippen LogP contribution in [0.25, 0.3) is 0 Å². The van der Waals surface area contributed by atoms with Gasteiger partial charge in [-0.15, -0.1) is 0 Å². The molecular weight excluding hydrogens is 368 g/mol. The lowest BCUT2D eigenvalue weighted by molar-refractivity contribution is -0.145. The van der Waals surface area contributed by atoms with E-state index in [4.69, 9.17) is 18.9 Å². The van der Waals surface area contributed by atoms with Crippen molar-refractivity contribution < 1.29 is 24.1 Å². The molecule has 2 rings (SSSR count). The number of ether oxygens (including phenoxy) is 4. The molecule has 1 N–H and O–H groups in total. The zero-order valence-electron chi connectivity index (χ0n) is 19.3. The maximum Gasteiger partial charge on any atom is 0.113 e. The molecule has 5 heteroatoms. The van der Waals surface area contributed by atoms with Crippen LogP contribution in [0.3, 0.4) is 0 Å². The number of aliphatic hydroxyl groups excluding tert-OH is 1. The van der Waals surface area contributed by atoms with Gasteiger partial charge >= 0.3 is 0 Å². The molecule has 1 aliphatic carbocycles. The van der Waals surface area contributed by atoms with Crippen molar-refractivity contribution in [2.24, 2.45) is 23.7 Å². The lowest BCUT2D eigenvalue weighted by Crippen LogP contribution is -2.47. The topological polar surface area (TPSA) is 57.2 Å². The second-order valence-corrected chi connectivity index (χ2v) is 8.80. The first-order valence-corrected chi connectivity index (χ1v) is 11.1. The SMILES string of the molecule is CCC(OC)C(C)C1CC1C(O)C(C)/C=C/C=C(\C)C1OCCC(OC)C1OC. The summed E-state index contributed by atoms with van der Waals surface area (Å²) in [7, 11) is 5.22. The highest BCUT2D eigenvalue weighted by Crippen LogP contribution is 2.49. The first kappa shape index (κ1) is 24.5. The van der Waals surface area contributed by atoms with Crippen molar-refractivity contribution >= 4 is 0 Å². The fourth-order valence-corrected chi connectivity index (χ4v) is 4.93.